The Labute approximate surface area is 306 Å². The van der Waals surface area contributed by atoms with Crippen LogP contribution in [0.2, 0.25) is 0 Å². The fourth-order valence-electron chi connectivity index (χ4n) is 7.86. The highest BCUT2D eigenvalue weighted by atomic mass is 15.0. The molecule has 0 saturated carbocycles. The zero-order valence-corrected chi connectivity index (χ0v) is 28.9. The van der Waals surface area contributed by atoms with Gasteiger partial charge < -0.3 is 8.97 Å². The maximum absolute atomic E-state index is 5.07. The number of benzene rings is 7. The number of rotatable bonds is 5. The molecule has 250 valence electrons. The van der Waals surface area contributed by atoms with Gasteiger partial charge in [-0.05, 0) is 60.1 Å². The van der Waals surface area contributed by atoms with Crippen LogP contribution in [0.1, 0.15) is 16.7 Å². The van der Waals surface area contributed by atoms with Crippen LogP contribution in [0, 0.1) is 0 Å². The third-order valence-electron chi connectivity index (χ3n) is 10.2. The number of hydrogen-bond acceptors (Lipinski definition) is 1. The van der Waals surface area contributed by atoms with E-state index < -0.39 is 0 Å². The molecule has 5 nitrogen and oxygen atoms in total. The third kappa shape index (κ3) is 5.13. The van der Waals surface area contributed by atoms with Gasteiger partial charge in [0.15, 0.2) is 11.7 Å². The van der Waals surface area contributed by atoms with Crippen LogP contribution in [-0.2, 0) is 6.54 Å². The number of hydrogen-bond donors (Lipinski definition) is 0. The molecule has 0 fully saturated rings. The van der Waals surface area contributed by atoms with Crippen molar-refractivity contribution in [2.75, 3.05) is 0 Å². The van der Waals surface area contributed by atoms with E-state index >= 15 is 0 Å². The Kier molecular flexibility index (Phi) is 7.29. The molecule has 0 radical (unpaired) electrons. The third-order valence-corrected chi connectivity index (χ3v) is 10.2. The lowest BCUT2D eigenvalue weighted by molar-refractivity contribution is 1.05. The van der Waals surface area contributed by atoms with Gasteiger partial charge in [-0.15, -0.1) is 0 Å². The van der Waals surface area contributed by atoms with E-state index in [0.29, 0.717) is 18.2 Å². The van der Waals surface area contributed by atoms with Gasteiger partial charge in [-0.3, -0.25) is 4.99 Å². The number of para-hydroxylation sites is 2. The zero-order valence-electron chi connectivity index (χ0n) is 28.9. The molecule has 0 bridgehead atoms. The van der Waals surface area contributed by atoms with Crippen LogP contribution in [0.4, 0.5) is 0 Å². The predicted octanol–water partition coefficient (Wildman–Crippen LogP) is 11.6. The van der Waals surface area contributed by atoms with Gasteiger partial charge in [0.1, 0.15) is 0 Å². The SMILES string of the molecule is C=NC(=NC(=NCc1cccc(-n2c3ccccc3c3cc4c(cc32)cc2c3ccccc3c3ccccc3n42)c1)c1ccccc1)c1ccccc1. The summed E-state index contributed by atoms with van der Waals surface area (Å²) in [5.41, 5.74) is 9.96. The average Bonchev–Trinajstić information content (AvgIpc) is 3.76. The molecule has 0 aliphatic heterocycles. The molecule has 3 heterocycles. The largest absolute Gasteiger partial charge is 0.309 e. The molecule has 10 rings (SSSR count). The minimum absolute atomic E-state index is 0.452. The highest BCUT2D eigenvalue weighted by Gasteiger charge is 2.17. The molecule has 7 aromatic carbocycles. The molecule has 0 saturated heterocycles. The summed E-state index contributed by atoms with van der Waals surface area (Å²) in [6.45, 7) is 4.26. The van der Waals surface area contributed by atoms with E-state index in [0.717, 1.165) is 22.4 Å². The Morgan fingerprint density at radius 2 is 1.04 bits per heavy atom. The molecule has 0 amide bonds. The van der Waals surface area contributed by atoms with Crippen LogP contribution >= 0.6 is 0 Å². The van der Waals surface area contributed by atoms with E-state index in [1.54, 1.807) is 0 Å². The number of amidine groups is 2. The summed E-state index contributed by atoms with van der Waals surface area (Å²) in [7, 11) is 0. The van der Waals surface area contributed by atoms with Crippen molar-refractivity contribution in [3.8, 4) is 5.69 Å². The quantitative estimate of drug-likeness (QED) is 0.0987. The number of nitrogens with zero attached hydrogens (tertiary/aromatic N) is 5. The van der Waals surface area contributed by atoms with Crippen LogP contribution in [-0.4, -0.2) is 27.4 Å². The summed E-state index contributed by atoms with van der Waals surface area (Å²) < 4.78 is 4.83. The van der Waals surface area contributed by atoms with Crippen molar-refractivity contribution in [3.05, 3.63) is 193 Å². The van der Waals surface area contributed by atoms with E-state index in [1.165, 1.54) is 59.9 Å². The Morgan fingerprint density at radius 3 is 1.75 bits per heavy atom. The predicted molar refractivity (Wildman–Crippen MR) is 223 cm³/mol. The maximum atomic E-state index is 5.07. The number of aliphatic imine (C=N–C) groups is 3. The smallest absolute Gasteiger partial charge is 0.161 e. The maximum Gasteiger partial charge on any atom is 0.161 e. The molecule has 0 aliphatic carbocycles. The van der Waals surface area contributed by atoms with E-state index in [2.05, 4.69) is 136 Å². The molecular formula is C48H33N5. The van der Waals surface area contributed by atoms with Gasteiger partial charge in [-0.2, -0.15) is 0 Å². The second-order valence-electron chi connectivity index (χ2n) is 13.3. The first-order chi connectivity index (χ1) is 26.2. The molecule has 0 N–H and O–H groups in total. The van der Waals surface area contributed by atoms with Crippen LogP contribution in [0.3, 0.4) is 0 Å². The van der Waals surface area contributed by atoms with E-state index in [4.69, 9.17) is 9.98 Å². The van der Waals surface area contributed by atoms with Gasteiger partial charge >= 0.3 is 0 Å². The zero-order chi connectivity index (χ0) is 35.3. The summed E-state index contributed by atoms with van der Waals surface area (Å²) in [4.78, 5) is 14.3. The van der Waals surface area contributed by atoms with Crippen molar-refractivity contribution in [2.24, 2.45) is 15.0 Å². The molecule has 0 spiro atoms. The molecular weight excluding hydrogens is 647 g/mol. The molecule has 10 aromatic rings. The second-order valence-corrected chi connectivity index (χ2v) is 13.3. The van der Waals surface area contributed by atoms with Gasteiger partial charge in [0, 0.05) is 43.7 Å². The average molecular weight is 680 g/mol. The van der Waals surface area contributed by atoms with Gasteiger partial charge in [0.2, 0.25) is 0 Å². The van der Waals surface area contributed by atoms with Crippen molar-refractivity contribution >= 4 is 78.3 Å². The highest BCUT2D eigenvalue weighted by Crippen LogP contribution is 2.39. The molecule has 0 atom stereocenters. The van der Waals surface area contributed by atoms with Crippen LogP contribution in [0.5, 0.6) is 0 Å². The topological polar surface area (TPSA) is 46.4 Å². The molecule has 5 heteroatoms. The van der Waals surface area contributed by atoms with Gasteiger partial charge in [0.05, 0.1) is 34.1 Å². The molecule has 3 aromatic heterocycles. The fourth-order valence-corrected chi connectivity index (χ4v) is 7.86. The molecule has 0 unspecified atom stereocenters. The van der Waals surface area contributed by atoms with Crippen molar-refractivity contribution in [2.45, 2.75) is 6.54 Å². The number of fused-ring (bicyclic) bond motifs is 11. The highest BCUT2D eigenvalue weighted by molar-refractivity contribution is 6.19. The minimum Gasteiger partial charge on any atom is -0.309 e. The normalized spacial score (nSPS) is 12.5. The van der Waals surface area contributed by atoms with Crippen LogP contribution < -0.4 is 0 Å². The molecule has 53 heavy (non-hydrogen) atoms. The van der Waals surface area contributed by atoms with E-state index in [9.17, 15) is 0 Å². The Morgan fingerprint density at radius 1 is 0.453 bits per heavy atom. The summed E-state index contributed by atoms with van der Waals surface area (Å²) in [5.74, 6) is 1.15. The van der Waals surface area contributed by atoms with Crippen LogP contribution in [0.25, 0.3) is 65.6 Å². The number of aromatic nitrogens is 2. The Hall–Kier alpha value is -7.11. The van der Waals surface area contributed by atoms with Gasteiger partial charge in [0.25, 0.3) is 0 Å². The second kappa shape index (κ2) is 12.6. The van der Waals surface area contributed by atoms with Gasteiger partial charge in [-0.1, -0.05) is 133 Å². The summed E-state index contributed by atoms with van der Waals surface area (Å²) in [5, 5.41) is 7.44. The standard InChI is InChI=1S/C48H33N5/c1-49-47(33-16-4-2-5-17-33)51-48(34-18-6-3-7-19-34)50-31-32-15-14-20-36(27-32)52-42-25-12-11-24-40(42)41-30-44-35(29-46(41)52)28-45-39-23-9-8-21-37(39)38-22-10-13-26-43(38)53(44)45/h2-30H,1,31H2. The van der Waals surface area contributed by atoms with Crippen molar-refractivity contribution in [1.82, 2.24) is 8.97 Å². The fraction of sp³-hybridized carbons (Fsp3) is 0.0208. The Balaban J connectivity index is 1.13. The molecule has 0 aliphatic rings. The minimum atomic E-state index is 0.452. The lowest BCUT2D eigenvalue weighted by Gasteiger charge is -2.11. The monoisotopic (exact) mass is 679 g/mol. The van der Waals surface area contributed by atoms with Crippen molar-refractivity contribution < 1.29 is 0 Å². The van der Waals surface area contributed by atoms with Crippen molar-refractivity contribution in [1.29, 1.82) is 0 Å². The van der Waals surface area contributed by atoms with E-state index in [1.807, 2.05) is 60.7 Å². The first-order valence-electron chi connectivity index (χ1n) is 17.8. The summed E-state index contributed by atoms with van der Waals surface area (Å²) in [6.07, 6.45) is 0. The summed E-state index contributed by atoms with van der Waals surface area (Å²) >= 11 is 0. The Bertz CT molecular complexity index is 3090. The van der Waals surface area contributed by atoms with Crippen molar-refractivity contribution in [3.63, 3.8) is 0 Å². The lowest BCUT2D eigenvalue weighted by atomic mass is 10.1. The number of pyridine rings is 1. The van der Waals surface area contributed by atoms with Gasteiger partial charge in [-0.25, -0.2) is 9.98 Å². The first kappa shape index (κ1) is 30.7. The first-order valence-corrected chi connectivity index (χ1v) is 17.8. The van der Waals surface area contributed by atoms with E-state index in [-0.39, 0.29) is 0 Å². The summed E-state index contributed by atoms with van der Waals surface area (Å²) in [6, 6.07) is 61.9. The van der Waals surface area contributed by atoms with Crippen LogP contribution in [0.15, 0.2) is 191 Å². The lowest BCUT2D eigenvalue weighted by Crippen LogP contribution is -2.05.